The number of hydrogen-bond acceptors (Lipinski definition) is 6. The van der Waals surface area contributed by atoms with Gasteiger partial charge >= 0.3 is 5.97 Å². The third kappa shape index (κ3) is 5.49. The van der Waals surface area contributed by atoms with Crippen molar-refractivity contribution in [3.63, 3.8) is 0 Å². The normalized spacial score (nSPS) is 26.2. The first-order chi connectivity index (χ1) is 25.4. The summed E-state index contributed by atoms with van der Waals surface area (Å²) in [5, 5.41) is 16.5. The van der Waals surface area contributed by atoms with Gasteiger partial charge in [-0.15, -0.1) is 6.58 Å². The van der Waals surface area contributed by atoms with E-state index in [1.807, 2.05) is 83.8 Å². The van der Waals surface area contributed by atoms with Gasteiger partial charge < -0.3 is 20.5 Å². The number of anilines is 1. The summed E-state index contributed by atoms with van der Waals surface area (Å²) in [5.74, 6) is 4.05. The summed E-state index contributed by atoms with van der Waals surface area (Å²) in [6.07, 6.45) is 7.19. The second-order valence-corrected chi connectivity index (χ2v) is 13.8. The standard InChI is InChI=1S/C44H39N3O5/c1-2-26-45-41(49)36-38-42(50)52-39(31-16-10-5-11-17-31)37(30-14-8-4-9-15-30)47(38)40(32-21-23-33(48)24-22-32)44(36)34-27-29(20-25-35(34)46-43(44)51)19-18-28-12-6-3-7-13-28/h2,4-5,8-12,14-17,20-25,27,36-40,48H,1,3,6-7,13,26H2,(H,45,49)(H,46,51)/t36-,37?,38-,39+,40+,44-/m0/s1. The Morgan fingerprint density at radius 1 is 0.923 bits per heavy atom. The number of ether oxygens (including phenoxy) is 1. The molecule has 3 heterocycles. The summed E-state index contributed by atoms with van der Waals surface area (Å²) in [6, 6.07) is 29.0. The molecule has 8 rings (SSSR count). The second kappa shape index (κ2) is 13.7. The molecule has 4 aromatic carbocycles. The molecule has 8 heteroatoms. The number of benzene rings is 4. The van der Waals surface area contributed by atoms with E-state index in [4.69, 9.17) is 4.74 Å². The van der Waals surface area contributed by atoms with Crippen LogP contribution in [0.4, 0.5) is 5.69 Å². The van der Waals surface area contributed by atoms with Crippen molar-refractivity contribution in [1.82, 2.24) is 10.2 Å². The van der Waals surface area contributed by atoms with Crippen LogP contribution in [0.15, 0.2) is 127 Å². The van der Waals surface area contributed by atoms with Crippen LogP contribution in [-0.2, 0) is 24.5 Å². The lowest BCUT2D eigenvalue weighted by molar-refractivity contribution is -0.178. The Kier molecular flexibility index (Phi) is 8.74. The third-order valence-electron chi connectivity index (χ3n) is 10.9. The van der Waals surface area contributed by atoms with E-state index in [0.29, 0.717) is 22.4 Å². The number of hydrogen-bond donors (Lipinski definition) is 3. The molecule has 2 fully saturated rings. The Morgan fingerprint density at radius 2 is 1.65 bits per heavy atom. The number of amides is 2. The summed E-state index contributed by atoms with van der Waals surface area (Å²) >= 11 is 0. The number of fused-ring (bicyclic) bond motifs is 3. The zero-order valence-corrected chi connectivity index (χ0v) is 28.6. The molecule has 52 heavy (non-hydrogen) atoms. The summed E-state index contributed by atoms with van der Waals surface area (Å²) in [7, 11) is 0. The highest BCUT2D eigenvalue weighted by molar-refractivity contribution is 6.12. The minimum absolute atomic E-state index is 0.0540. The number of nitrogens with one attached hydrogen (secondary N) is 2. The van der Waals surface area contributed by atoms with Crippen molar-refractivity contribution in [2.45, 2.75) is 55.3 Å². The first kappa shape index (κ1) is 33.2. The number of phenolic OH excluding ortho intramolecular Hbond substituents is 1. The lowest BCUT2D eigenvalue weighted by Crippen LogP contribution is -2.54. The quantitative estimate of drug-likeness (QED) is 0.117. The molecule has 2 saturated heterocycles. The topological polar surface area (TPSA) is 108 Å². The Balaban J connectivity index is 1.41. The van der Waals surface area contributed by atoms with E-state index in [-0.39, 0.29) is 12.3 Å². The SMILES string of the molecule is C=CCNC(=O)[C@@H]1[C@H]2C(=O)O[C@H](c3ccccc3)C(c3ccccc3)N2[C@H](c2ccc(O)cc2)[C@@]12C(=O)Nc1ccc(C#CC3=CCCCC3)cc12. The molecule has 6 atom stereocenters. The summed E-state index contributed by atoms with van der Waals surface area (Å²) in [6.45, 7) is 3.93. The minimum atomic E-state index is -1.61. The Bertz CT molecular complexity index is 2140. The van der Waals surface area contributed by atoms with Crippen LogP contribution in [0.3, 0.4) is 0 Å². The van der Waals surface area contributed by atoms with E-state index in [1.54, 1.807) is 30.3 Å². The van der Waals surface area contributed by atoms with E-state index in [0.717, 1.165) is 42.4 Å². The molecule has 0 aromatic heterocycles. The maximum Gasteiger partial charge on any atom is 0.324 e. The number of allylic oxidation sites excluding steroid dienone is 2. The fourth-order valence-electron chi connectivity index (χ4n) is 8.71. The van der Waals surface area contributed by atoms with Gasteiger partial charge in [-0.25, -0.2) is 0 Å². The van der Waals surface area contributed by atoms with Crippen LogP contribution >= 0.6 is 0 Å². The number of morpholine rings is 1. The van der Waals surface area contributed by atoms with Crippen LogP contribution in [0.5, 0.6) is 5.75 Å². The van der Waals surface area contributed by atoms with E-state index >= 15 is 4.79 Å². The van der Waals surface area contributed by atoms with Gasteiger partial charge in [0, 0.05) is 17.8 Å². The van der Waals surface area contributed by atoms with Crippen molar-refractivity contribution in [3.8, 4) is 17.6 Å². The number of esters is 1. The summed E-state index contributed by atoms with van der Waals surface area (Å²) in [5.41, 5.74) is 3.64. The molecule has 1 aliphatic carbocycles. The van der Waals surface area contributed by atoms with Gasteiger partial charge in [-0.2, -0.15) is 0 Å². The first-order valence-corrected chi connectivity index (χ1v) is 17.8. The molecular weight excluding hydrogens is 650 g/mol. The van der Waals surface area contributed by atoms with Crippen molar-refractivity contribution < 1.29 is 24.2 Å². The number of cyclic esters (lactones) is 1. The molecular formula is C44H39N3O5. The number of carbonyl (C=O) groups excluding carboxylic acids is 3. The van der Waals surface area contributed by atoms with Crippen LogP contribution in [0.2, 0.25) is 0 Å². The predicted octanol–water partition coefficient (Wildman–Crippen LogP) is 6.82. The molecule has 0 radical (unpaired) electrons. The molecule has 1 unspecified atom stereocenters. The Hall–Kier alpha value is -5.91. The predicted molar refractivity (Wildman–Crippen MR) is 198 cm³/mol. The summed E-state index contributed by atoms with van der Waals surface area (Å²) < 4.78 is 6.42. The van der Waals surface area contributed by atoms with Crippen LogP contribution < -0.4 is 10.6 Å². The van der Waals surface area contributed by atoms with Gasteiger partial charge in [0.25, 0.3) is 0 Å². The highest BCUT2D eigenvalue weighted by Gasteiger charge is 2.74. The molecule has 4 aliphatic rings. The average Bonchev–Trinajstić information content (AvgIpc) is 3.66. The van der Waals surface area contributed by atoms with Crippen molar-refractivity contribution in [1.29, 1.82) is 0 Å². The molecule has 260 valence electrons. The average molecular weight is 690 g/mol. The van der Waals surface area contributed by atoms with Crippen LogP contribution in [-0.4, -0.2) is 40.4 Å². The van der Waals surface area contributed by atoms with Gasteiger partial charge in [-0.3, -0.25) is 19.3 Å². The molecule has 8 nitrogen and oxygen atoms in total. The lowest BCUT2D eigenvalue weighted by Gasteiger charge is -2.46. The minimum Gasteiger partial charge on any atom is -0.508 e. The lowest BCUT2D eigenvalue weighted by atomic mass is 9.65. The van der Waals surface area contributed by atoms with E-state index in [1.165, 1.54) is 0 Å². The van der Waals surface area contributed by atoms with Crippen LogP contribution in [0, 0.1) is 17.8 Å². The highest BCUT2D eigenvalue weighted by atomic mass is 16.6. The molecule has 3 N–H and O–H groups in total. The maximum absolute atomic E-state index is 15.1. The fourth-order valence-corrected chi connectivity index (χ4v) is 8.71. The number of carbonyl (C=O) groups is 3. The van der Waals surface area contributed by atoms with Gasteiger partial charge in [0.2, 0.25) is 11.8 Å². The van der Waals surface area contributed by atoms with Crippen molar-refractivity contribution >= 4 is 23.5 Å². The van der Waals surface area contributed by atoms with Gasteiger partial charge in [-0.1, -0.05) is 96.8 Å². The van der Waals surface area contributed by atoms with E-state index in [9.17, 15) is 14.7 Å². The first-order valence-electron chi connectivity index (χ1n) is 17.8. The largest absolute Gasteiger partial charge is 0.508 e. The summed E-state index contributed by atoms with van der Waals surface area (Å²) in [4.78, 5) is 46.5. The Labute approximate surface area is 303 Å². The van der Waals surface area contributed by atoms with Gasteiger partial charge in [0.1, 0.15) is 23.3 Å². The molecule has 0 saturated carbocycles. The van der Waals surface area contributed by atoms with Crippen molar-refractivity contribution in [2.24, 2.45) is 5.92 Å². The zero-order chi connectivity index (χ0) is 35.8. The highest BCUT2D eigenvalue weighted by Crippen LogP contribution is 2.64. The van der Waals surface area contributed by atoms with E-state index < -0.39 is 53.3 Å². The molecule has 3 aliphatic heterocycles. The number of rotatable bonds is 6. The van der Waals surface area contributed by atoms with Gasteiger partial charge in [0.15, 0.2) is 0 Å². The zero-order valence-electron chi connectivity index (χ0n) is 28.6. The smallest absolute Gasteiger partial charge is 0.324 e. The van der Waals surface area contributed by atoms with Crippen molar-refractivity contribution in [3.05, 3.63) is 155 Å². The van der Waals surface area contributed by atoms with Gasteiger partial charge in [-0.05, 0) is 83.8 Å². The third-order valence-corrected chi connectivity index (χ3v) is 10.9. The Morgan fingerprint density at radius 3 is 2.35 bits per heavy atom. The maximum atomic E-state index is 15.1. The molecule has 1 spiro atoms. The molecule has 0 bridgehead atoms. The van der Waals surface area contributed by atoms with Crippen molar-refractivity contribution in [2.75, 3.05) is 11.9 Å². The number of nitrogens with zero attached hydrogens (tertiary/aromatic N) is 1. The molecule has 2 amide bonds. The molecule has 4 aromatic rings. The number of aromatic hydroxyl groups is 1. The van der Waals surface area contributed by atoms with E-state index in [2.05, 4.69) is 35.1 Å². The van der Waals surface area contributed by atoms with Gasteiger partial charge in [0.05, 0.1) is 18.0 Å². The monoisotopic (exact) mass is 689 g/mol. The fraction of sp³-hybridized carbons (Fsp3) is 0.250. The number of phenols is 1. The second-order valence-electron chi connectivity index (χ2n) is 13.8. The van der Waals surface area contributed by atoms with Crippen LogP contribution in [0.1, 0.15) is 71.7 Å². The van der Waals surface area contributed by atoms with Crippen LogP contribution in [0.25, 0.3) is 0 Å².